The molecule has 1 aromatic heterocycles. The van der Waals surface area contributed by atoms with Gasteiger partial charge in [-0.05, 0) is 12.5 Å². The molecule has 7 heteroatoms. The Bertz CT molecular complexity index is 682. The van der Waals surface area contributed by atoms with Gasteiger partial charge in [-0.15, -0.1) is 11.8 Å². The largest absolute Gasteiger partial charge is 0.477 e. The number of fused-ring (bicyclic) bond motifs is 2. The maximum atomic E-state index is 12.0. The average Bonchev–Trinajstić information content (AvgIpc) is 3.07. The van der Waals surface area contributed by atoms with Gasteiger partial charge >= 0.3 is 5.97 Å². The van der Waals surface area contributed by atoms with E-state index in [0.29, 0.717) is 5.57 Å². The van der Waals surface area contributed by atoms with Gasteiger partial charge in [0.1, 0.15) is 16.9 Å². The minimum atomic E-state index is -1.06. The number of carbonyl (C=O) groups is 2. The zero-order chi connectivity index (χ0) is 13.9. The van der Waals surface area contributed by atoms with Gasteiger partial charge in [0.05, 0.1) is 11.3 Å². The molecule has 1 amide bonds. The van der Waals surface area contributed by atoms with Crippen molar-refractivity contribution in [3.63, 3.8) is 0 Å². The molecule has 0 bridgehead atoms. The second kappa shape index (κ2) is 3.99. The van der Waals surface area contributed by atoms with E-state index in [-0.39, 0.29) is 17.0 Å². The highest BCUT2D eigenvalue weighted by Crippen LogP contribution is 2.45. The molecule has 0 unspecified atom stereocenters. The number of β-lactam (4-membered cyclic amide) rings is 1. The first-order chi connectivity index (χ1) is 9.65. The topological polar surface area (TPSA) is 75.4 Å². The molecule has 6 nitrogen and oxygen atoms in total. The van der Waals surface area contributed by atoms with Gasteiger partial charge in [-0.2, -0.15) is 0 Å². The first kappa shape index (κ1) is 11.8. The van der Waals surface area contributed by atoms with Crippen molar-refractivity contribution in [1.82, 2.24) is 14.5 Å². The van der Waals surface area contributed by atoms with Crippen LogP contribution in [0.3, 0.4) is 0 Å². The number of carbonyl (C=O) groups excluding carboxylic acids is 1. The molecule has 20 heavy (non-hydrogen) atoms. The van der Waals surface area contributed by atoms with Crippen molar-refractivity contribution in [2.24, 2.45) is 0 Å². The quantitative estimate of drug-likeness (QED) is 0.650. The number of aryl methyl sites for hydroxylation is 2. The molecule has 3 aliphatic heterocycles. The van der Waals surface area contributed by atoms with Crippen LogP contribution < -0.4 is 0 Å². The van der Waals surface area contributed by atoms with Crippen LogP contribution in [0.1, 0.15) is 17.9 Å². The summed E-state index contributed by atoms with van der Waals surface area (Å²) in [6.45, 7) is 0.981. The fraction of sp³-hybridized carbons (Fsp3) is 0.308. The Kier molecular flexibility index (Phi) is 2.35. The van der Waals surface area contributed by atoms with Gasteiger partial charge in [0, 0.05) is 24.6 Å². The summed E-state index contributed by atoms with van der Waals surface area (Å²) in [6.07, 6.45) is 5.83. The zero-order valence-electron chi connectivity index (χ0n) is 10.4. The van der Waals surface area contributed by atoms with Crippen LogP contribution in [0, 0.1) is 0 Å². The van der Waals surface area contributed by atoms with Crippen molar-refractivity contribution in [1.29, 1.82) is 0 Å². The van der Waals surface area contributed by atoms with Crippen LogP contribution in [-0.4, -0.2) is 36.8 Å². The molecule has 3 aliphatic rings. The zero-order valence-corrected chi connectivity index (χ0v) is 11.3. The Morgan fingerprint density at radius 2 is 2.40 bits per heavy atom. The van der Waals surface area contributed by atoms with Crippen LogP contribution in [0.4, 0.5) is 0 Å². The molecule has 1 aromatic rings. The van der Waals surface area contributed by atoms with Crippen molar-refractivity contribution in [2.45, 2.75) is 24.8 Å². The number of aliphatic carboxylic acids is 1. The molecular formula is C13H11N3O3S. The summed E-state index contributed by atoms with van der Waals surface area (Å²) >= 11 is 1.35. The molecule has 1 atom stereocenters. The SMILES string of the molecule is O=C(O)C1=CS[C@@H]2C(=Cc3cn4c(n3)CCC4)C(=O)N12. The standard InChI is InChI=1S/C13H11N3O3S/c17-11-8(12-16(11)9(6-20-12)13(18)19)4-7-5-15-3-1-2-10(15)14-7/h4-6,12H,1-3H2,(H,18,19)/t12-/m1/s1. The van der Waals surface area contributed by atoms with Gasteiger partial charge in [0.15, 0.2) is 0 Å². The minimum Gasteiger partial charge on any atom is -0.477 e. The Morgan fingerprint density at radius 3 is 3.15 bits per heavy atom. The van der Waals surface area contributed by atoms with Gasteiger partial charge in [0.25, 0.3) is 5.91 Å². The Balaban J connectivity index is 1.61. The normalized spacial score (nSPS) is 25.5. The lowest BCUT2D eigenvalue weighted by atomic mass is 10.0. The van der Waals surface area contributed by atoms with Crippen molar-refractivity contribution >= 4 is 29.7 Å². The van der Waals surface area contributed by atoms with Gasteiger partial charge < -0.3 is 9.67 Å². The number of imidazole rings is 1. The maximum absolute atomic E-state index is 12.0. The first-order valence-corrected chi connectivity index (χ1v) is 7.29. The highest BCUT2D eigenvalue weighted by atomic mass is 32.2. The van der Waals surface area contributed by atoms with E-state index in [4.69, 9.17) is 5.11 Å². The molecule has 0 aliphatic carbocycles. The molecule has 1 fully saturated rings. The summed E-state index contributed by atoms with van der Waals surface area (Å²) in [5.41, 5.74) is 1.47. The number of thioether (sulfide) groups is 1. The van der Waals surface area contributed by atoms with E-state index >= 15 is 0 Å². The fourth-order valence-corrected chi connectivity index (χ4v) is 3.89. The van der Waals surface area contributed by atoms with Gasteiger partial charge in [-0.25, -0.2) is 9.78 Å². The third-order valence-corrected chi connectivity index (χ3v) is 4.82. The summed E-state index contributed by atoms with van der Waals surface area (Å²) in [5.74, 6) is -0.237. The maximum Gasteiger partial charge on any atom is 0.353 e. The first-order valence-electron chi connectivity index (χ1n) is 6.35. The van der Waals surface area contributed by atoms with Gasteiger partial charge in [0.2, 0.25) is 0 Å². The van der Waals surface area contributed by atoms with Crippen LogP contribution >= 0.6 is 11.8 Å². The number of hydrogen-bond acceptors (Lipinski definition) is 4. The number of amides is 1. The molecule has 0 saturated carbocycles. The summed E-state index contributed by atoms with van der Waals surface area (Å²) in [6, 6.07) is 0. The van der Waals surface area contributed by atoms with E-state index in [0.717, 1.165) is 30.9 Å². The Labute approximate surface area is 118 Å². The van der Waals surface area contributed by atoms with Crippen molar-refractivity contribution in [3.8, 4) is 0 Å². The molecular weight excluding hydrogens is 278 g/mol. The third-order valence-electron chi connectivity index (χ3n) is 3.73. The predicted octanol–water partition coefficient (Wildman–Crippen LogP) is 1.05. The monoisotopic (exact) mass is 289 g/mol. The number of aromatic nitrogens is 2. The van der Waals surface area contributed by atoms with E-state index < -0.39 is 5.97 Å². The van der Waals surface area contributed by atoms with E-state index in [1.54, 1.807) is 6.08 Å². The summed E-state index contributed by atoms with van der Waals surface area (Å²) in [5, 5.41) is 10.3. The Morgan fingerprint density at radius 1 is 1.55 bits per heavy atom. The van der Waals surface area contributed by atoms with E-state index in [2.05, 4.69) is 9.55 Å². The van der Waals surface area contributed by atoms with Crippen LogP contribution in [0.5, 0.6) is 0 Å². The lowest BCUT2D eigenvalue weighted by molar-refractivity contribution is -0.141. The Hall–Kier alpha value is -2.02. The average molecular weight is 289 g/mol. The second-order valence-electron chi connectivity index (χ2n) is 4.95. The molecule has 1 saturated heterocycles. The van der Waals surface area contributed by atoms with E-state index in [1.807, 2.05) is 6.20 Å². The molecule has 0 aromatic carbocycles. The highest BCUT2D eigenvalue weighted by Gasteiger charge is 2.49. The highest BCUT2D eigenvalue weighted by molar-refractivity contribution is 8.03. The molecule has 0 spiro atoms. The van der Waals surface area contributed by atoms with Crippen LogP contribution in [0.15, 0.2) is 22.9 Å². The number of carboxylic acid groups (broad SMARTS) is 1. The molecule has 1 N–H and O–H groups in total. The van der Waals surface area contributed by atoms with Crippen molar-refractivity contribution in [3.05, 3.63) is 34.4 Å². The number of hydrogen-bond donors (Lipinski definition) is 1. The van der Waals surface area contributed by atoms with Crippen LogP contribution in [-0.2, 0) is 22.6 Å². The third kappa shape index (κ3) is 1.49. The lowest BCUT2D eigenvalue weighted by Crippen LogP contribution is -2.51. The predicted molar refractivity (Wildman–Crippen MR) is 72.5 cm³/mol. The molecule has 4 heterocycles. The number of nitrogens with zero attached hydrogens (tertiary/aromatic N) is 3. The minimum absolute atomic E-state index is 0.0643. The van der Waals surface area contributed by atoms with E-state index in [9.17, 15) is 9.59 Å². The lowest BCUT2D eigenvalue weighted by Gasteiger charge is -2.36. The second-order valence-corrected chi connectivity index (χ2v) is 5.90. The summed E-state index contributed by atoms with van der Waals surface area (Å²) < 4.78 is 2.11. The van der Waals surface area contributed by atoms with Crippen LogP contribution in [0.25, 0.3) is 6.08 Å². The molecule has 0 radical (unpaired) electrons. The van der Waals surface area contributed by atoms with Crippen molar-refractivity contribution < 1.29 is 14.7 Å². The fourth-order valence-electron chi connectivity index (χ4n) is 2.77. The molecule has 4 rings (SSSR count). The smallest absolute Gasteiger partial charge is 0.353 e. The summed E-state index contributed by atoms with van der Waals surface area (Å²) in [7, 11) is 0. The van der Waals surface area contributed by atoms with E-state index in [1.165, 1.54) is 22.1 Å². The number of rotatable bonds is 2. The van der Waals surface area contributed by atoms with Gasteiger partial charge in [-0.1, -0.05) is 0 Å². The van der Waals surface area contributed by atoms with Gasteiger partial charge in [-0.3, -0.25) is 9.69 Å². The summed E-state index contributed by atoms with van der Waals surface area (Å²) in [4.78, 5) is 28.8. The van der Waals surface area contributed by atoms with Crippen molar-refractivity contribution in [2.75, 3.05) is 0 Å². The number of carboxylic acids is 1. The van der Waals surface area contributed by atoms with Crippen LogP contribution in [0.2, 0.25) is 0 Å². The molecule has 102 valence electrons.